The number of aromatic nitrogens is 1. The predicted molar refractivity (Wildman–Crippen MR) is 123 cm³/mol. The Bertz CT molecular complexity index is 1290. The molecule has 9 heteroatoms. The van der Waals surface area contributed by atoms with Gasteiger partial charge in [0.15, 0.2) is 0 Å². The Morgan fingerprint density at radius 3 is 2.39 bits per heavy atom. The summed E-state index contributed by atoms with van der Waals surface area (Å²) < 4.78 is 27.1. The monoisotopic (exact) mass is 463 g/mol. The number of pyridine rings is 1. The Morgan fingerprint density at radius 1 is 1.12 bits per heavy atom. The van der Waals surface area contributed by atoms with Gasteiger partial charge in [0.25, 0.3) is 0 Å². The summed E-state index contributed by atoms with van der Waals surface area (Å²) in [5.41, 5.74) is 7.92. The van der Waals surface area contributed by atoms with E-state index >= 15 is 0 Å². The lowest BCUT2D eigenvalue weighted by atomic mass is 9.94. The number of thioether (sulfide) groups is 1. The highest BCUT2D eigenvalue weighted by atomic mass is 32.2. The van der Waals surface area contributed by atoms with E-state index in [2.05, 4.69) is 30.2 Å². The first-order valence-electron chi connectivity index (χ1n) is 9.86. The van der Waals surface area contributed by atoms with Gasteiger partial charge >= 0.3 is 0 Å². The van der Waals surface area contributed by atoms with E-state index < -0.39 is 17.5 Å². The topological polar surface area (TPSA) is 116 Å². The summed E-state index contributed by atoms with van der Waals surface area (Å²) in [5.74, 6) is -2.10. The van der Waals surface area contributed by atoms with Crippen molar-refractivity contribution in [3.05, 3.63) is 70.8 Å². The van der Waals surface area contributed by atoms with Gasteiger partial charge in [-0.05, 0) is 29.2 Å². The van der Waals surface area contributed by atoms with E-state index in [1.807, 2.05) is 18.2 Å². The van der Waals surface area contributed by atoms with Crippen LogP contribution in [0.2, 0.25) is 0 Å². The number of halogens is 2. The van der Waals surface area contributed by atoms with Gasteiger partial charge < -0.3 is 11.1 Å². The van der Waals surface area contributed by atoms with E-state index in [4.69, 9.17) is 5.73 Å². The van der Waals surface area contributed by atoms with Crippen molar-refractivity contribution in [3.8, 4) is 23.3 Å². The fraction of sp³-hybridized carbons (Fsp3) is 0.167. The first kappa shape index (κ1) is 23.7. The Hall–Kier alpha value is -3.95. The van der Waals surface area contributed by atoms with E-state index in [1.165, 1.54) is 0 Å². The lowest BCUT2D eigenvalue weighted by Crippen LogP contribution is -2.15. The van der Waals surface area contributed by atoms with Gasteiger partial charge in [-0.2, -0.15) is 10.5 Å². The zero-order valence-corrected chi connectivity index (χ0v) is 18.6. The van der Waals surface area contributed by atoms with E-state index in [1.54, 1.807) is 12.1 Å². The number of amides is 1. The molecule has 1 aromatic heterocycles. The van der Waals surface area contributed by atoms with Crippen LogP contribution in [0, 0.1) is 34.3 Å². The van der Waals surface area contributed by atoms with Gasteiger partial charge in [0.1, 0.15) is 40.2 Å². The summed E-state index contributed by atoms with van der Waals surface area (Å²) in [6.45, 7) is 4.10. The molecule has 0 spiro atoms. The van der Waals surface area contributed by atoms with Gasteiger partial charge in [-0.1, -0.05) is 49.9 Å². The highest BCUT2D eigenvalue weighted by molar-refractivity contribution is 8.00. The number of anilines is 2. The van der Waals surface area contributed by atoms with Crippen LogP contribution in [0.15, 0.2) is 47.5 Å². The van der Waals surface area contributed by atoms with Crippen LogP contribution in [-0.4, -0.2) is 16.6 Å². The molecule has 1 heterocycles. The molecule has 0 aliphatic heterocycles. The zero-order chi connectivity index (χ0) is 24.1. The van der Waals surface area contributed by atoms with Gasteiger partial charge in [0.2, 0.25) is 5.91 Å². The molecule has 33 heavy (non-hydrogen) atoms. The molecule has 0 unspecified atom stereocenters. The van der Waals surface area contributed by atoms with Crippen LogP contribution >= 0.6 is 11.8 Å². The van der Waals surface area contributed by atoms with Crippen molar-refractivity contribution in [3.63, 3.8) is 0 Å². The molecule has 0 atom stereocenters. The Balaban J connectivity index is 1.93. The Kier molecular flexibility index (Phi) is 7.27. The number of nitrogens with zero attached hydrogens (tertiary/aromatic N) is 3. The SMILES string of the molecule is CC(C)c1ccc(-c2c(C#N)c(N)nc(SCC(=O)Nc3cc(F)ccc3F)c2C#N)cc1. The number of carbonyl (C=O) groups is 1. The number of hydrogen-bond donors (Lipinski definition) is 2. The number of benzene rings is 2. The maximum atomic E-state index is 13.8. The van der Waals surface area contributed by atoms with E-state index in [0.29, 0.717) is 17.0 Å². The molecular weight excluding hydrogens is 444 g/mol. The molecule has 0 bridgehead atoms. The van der Waals surface area contributed by atoms with Crippen molar-refractivity contribution in [2.75, 3.05) is 16.8 Å². The molecule has 0 saturated carbocycles. The van der Waals surface area contributed by atoms with Crippen molar-refractivity contribution in [2.24, 2.45) is 0 Å². The number of nitrogen functional groups attached to an aromatic ring is 1. The van der Waals surface area contributed by atoms with Crippen molar-refractivity contribution in [1.29, 1.82) is 10.5 Å². The van der Waals surface area contributed by atoms with Crippen LogP contribution in [-0.2, 0) is 4.79 Å². The van der Waals surface area contributed by atoms with Crippen molar-refractivity contribution >= 4 is 29.2 Å². The number of nitrogens with two attached hydrogens (primary N) is 1. The second-order valence-electron chi connectivity index (χ2n) is 7.39. The van der Waals surface area contributed by atoms with E-state index in [-0.39, 0.29) is 33.4 Å². The first-order valence-corrected chi connectivity index (χ1v) is 10.8. The molecule has 0 radical (unpaired) electrons. The number of nitrogens with one attached hydrogen (secondary N) is 1. The number of nitriles is 2. The average molecular weight is 464 g/mol. The van der Waals surface area contributed by atoms with Crippen LogP contribution in [0.5, 0.6) is 0 Å². The number of hydrogen-bond acceptors (Lipinski definition) is 6. The second kappa shape index (κ2) is 10.1. The average Bonchev–Trinajstić information content (AvgIpc) is 2.79. The van der Waals surface area contributed by atoms with Crippen molar-refractivity contribution in [2.45, 2.75) is 24.8 Å². The lowest BCUT2D eigenvalue weighted by Gasteiger charge is -2.14. The van der Waals surface area contributed by atoms with Crippen molar-refractivity contribution < 1.29 is 13.6 Å². The maximum Gasteiger partial charge on any atom is 0.234 e. The van der Waals surface area contributed by atoms with E-state index in [0.717, 1.165) is 35.5 Å². The quantitative estimate of drug-likeness (QED) is 0.485. The predicted octanol–water partition coefficient (Wildman–Crippen LogP) is 5.21. The van der Waals surface area contributed by atoms with E-state index in [9.17, 15) is 24.1 Å². The maximum absolute atomic E-state index is 13.8. The van der Waals surface area contributed by atoms with Gasteiger partial charge in [0.05, 0.1) is 17.0 Å². The Labute approximate surface area is 194 Å². The standard InChI is InChI=1S/C24H19F2N5OS/c1-13(2)14-3-5-15(6-4-14)22-17(10-27)23(29)31-24(18(22)11-28)33-12-21(32)30-20-9-16(25)7-8-19(20)26/h3-9,13H,12H2,1-2H3,(H2,29,31)(H,30,32). The highest BCUT2D eigenvalue weighted by Crippen LogP contribution is 2.36. The molecule has 1 amide bonds. The molecule has 0 aliphatic carbocycles. The summed E-state index contributed by atoms with van der Waals surface area (Å²) in [6.07, 6.45) is 0. The third-order valence-electron chi connectivity index (χ3n) is 4.82. The fourth-order valence-corrected chi connectivity index (χ4v) is 3.93. The number of carbonyl (C=O) groups excluding carboxylic acids is 1. The molecule has 0 aliphatic rings. The van der Waals surface area contributed by atoms with Gasteiger partial charge in [-0.3, -0.25) is 4.79 Å². The van der Waals surface area contributed by atoms with Gasteiger partial charge in [-0.25, -0.2) is 13.8 Å². The summed E-state index contributed by atoms with van der Waals surface area (Å²) >= 11 is 0.908. The lowest BCUT2D eigenvalue weighted by molar-refractivity contribution is -0.113. The smallest absolute Gasteiger partial charge is 0.234 e. The van der Waals surface area contributed by atoms with Gasteiger partial charge in [-0.15, -0.1) is 0 Å². The van der Waals surface area contributed by atoms with Crippen LogP contribution in [0.25, 0.3) is 11.1 Å². The molecule has 0 saturated heterocycles. The third-order valence-corrected chi connectivity index (χ3v) is 5.80. The molecule has 166 valence electrons. The number of rotatable bonds is 6. The van der Waals surface area contributed by atoms with Crippen LogP contribution in [0.1, 0.15) is 36.5 Å². The summed E-state index contributed by atoms with van der Waals surface area (Å²) in [5, 5.41) is 21.9. The molecule has 3 rings (SSSR count). The Morgan fingerprint density at radius 2 is 1.79 bits per heavy atom. The van der Waals surface area contributed by atoms with Crippen molar-refractivity contribution in [1.82, 2.24) is 4.98 Å². The molecular formula is C24H19F2N5OS. The van der Waals surface area contributed by atoms with Crippen LogP contribution < -0.4 is 11.1 Å². The summed E-state index contributed by atoms with van der Waals surface area (Å²) in [4.78, 5) is 16.4. The molecule has 0 fully saturated rings. The molecule has 3 aromatic rings. The highest BCUT2D eigenvalue weighted by Gasteiger charge is 2.21. The molecule has 2 aromatic carbocycles. The fourth-order valence-electron chi connectivity index (χ4n) is 3.14. The third kappa shape index (κ3) is 5.28. The largest absolute Gasteiger partial charge is 0.383 e. The molecule has 6 nitrogen and oxygen atoms in total. The van der Waals surface area contributed by atoms with Gasteiger partial charge in [0, 0.05) is 11.6 Å². The summed E-state index contributed by atoms with van der Waals surface area (Å²) in [6, 6.07) is 14.2. The first-order chi connectivity index (χ1) is 15.7. The minimum atomic E-state index is -0.777. The van der Waals surface area contributed by atoms with Crippen LogP contribution in [0.3, 0.4) is 0 Å². The zero-order valence-electron chi connectivity index (χ0n) is 17.8. The normalized spacial score (nSPS) is 10.5. The minimum absolute atomic E-state index is 0.0690. The molecule has 3 N–H and O–H groups in total. The summed E-state index contributed by atoms with van der Waals surface area (Å²) in [7, 11) is 0. The minimum Gasteiger partial charge on any atom is -0.383 e. The second-order valence-corrected chi connectivity index (χ2v) is 8.35. The van der Waals surface area contributed by atoms with Crippen LogP contribution in [0.4, 0.5) is 20.3 Å².